The molecule has 1 aliphatic heterocycles. The number of rotatable bonds is 5. The summed E-state index contributed by atoms with van der Waals surface area (Å²) in [6.45, 7) is 6.88. The van der Waals surface area contributed by atoms with Gasteiger partial charge in [-0.2, -0.15) is 0 Å². The molecule has 0 aliphatic carbocycles. The number of Topliss-reactive ketones (excluding diaryl/α,β-unsaturated/α-hetero) is 1. The first-order valence-electron chi connectivity index (χ1n) is 5.57. The van der Waals surface area contributed by atoms with E-state index < -0.39 is 0 Å². The third-order valence-corrected chi connectivity index (χ3v) is 3.27. The number of piperidine rings is 1. The second kappa shape index (κ2) is 5.47. The Labute approximate surface area is 86.2 Å². The van der Waals surface area contributed by atoms with Crippen LogP contribution in [0.25, 0.3) is 0 Å². The van der Waals surface area contributed by atoms with Gasteiger partial charge in [0.25, 0.3) is 0 Å². The molecule has 0 saturated carbocycles. The van der Waals surface area contributed by atoms with Crippen LogP contribution < -0.4 is 5.32 Å². The van der Waals surface area contributed by atoms with Gasteiger partial charge in [-0.25, -0.2) is 0 Å². The van der Waals surface area contributed by atoms with Crippen LogP contribution >= 0.6 is 0 Å². The van der Waals surface area contributed by atoms with Gasteiger partial charge in [-0.3, -0.25) is 4.79 Å². The van der Waals surface area contributed by atoms with Gasteiger partial charge in [0.15, 0.2) is 5.78 Å². The highest BCUT2D eigenvalue weighted by Crippen LogP contribution is 2.33. The molecule has 1 N–H and O–H groups in total. The predicted octanol–water partition coefficient (Wildman–Crippen LogP) is 1.37. The molecule has 0 aromatic rings. The molecule has 0 atom stereocenters. The van der Waals surface area contributed by atoms with Crippen LogP contribution in [0.1, 0.15) is 33.1 Å². The first-order valence-corrected chi connectivity index (χ1v) is 5.57. The minimum Gasteiger partial charge on any atom is -0.374 e. The van der Waals surface area contributed by atoms with Crippen molar-refractivity contribution in [2.45, 2.75) is 33.1 Å². The molecule has 1 aliphatic rings. The Morgan fingerprint density at radius 3 is 2.50 bits per heavy atom. The molecule has 14 heavy (non-hydrogen) atoms. The van der Waals surface area contributed by atoms with E-state index in [2.05, 4.69) is 12.2 Å². The molecule has 0 amide bonds. The fraction of sp³-hybridized carbons (Fsp3) is 0.909. The summed E-state index contributed by atoms with van der Waals surface area (Å²) in [5, 5.41) is 3.29. The van der Waals surface area contributed by atoms with Gasteiger partial charge in [-0.05, 0) is 39.3 Å². The molecule has 3 nitrogen and oxygen atoms in total. The van der Waals surface area contributed by atoms with Gasteiger partial charge in [0.2, 0.25) is 0 Å². The topological polar surface area (TPSA) is 38.3 Å². The standard InChI is InChI=1S/C11H21NO2/c1-3-11(5-7-12-8-6-11)10(13)9-14-4-2/h12H,3-9H2,1-2H3. The molecule has 0 unspecified atom stereocenters. The lowest BCUT2D eigenvalue weighted by Crippen LogP contribution is -2.43. The maximum absolute atomic E-state index is 12.0. The molecule has 0 aromatic heterocycles. The summed E-state index contributed by atoms with van der Waals surface area (Å²) in [5.74, 6) is 0.295. The Kier molecular flexibility index (Phi) is 4.55. The van der Waals surface area contributed by atoms with E-state index in [1.165, 1.54) is 0 Å². The summed E-state index contributed by atoms with van der Waals surface area (Å²) < 4.78 is 5.21. The summed E-state index contributed by atoms with van der Waals surface area (Å²) in [5.41, 5.74) is -0.0968. The normalized spacial score (nSPS) is 20.7. The smallest absolute Gasteiger partial charge is 0.164 e. The second-order valence-corrected chi connectivity index (χ2v) is 3.94. The molecule has 0 bridgehead atoms. The Bertz CT molecular complexity index is 186. The molecule has 0 spiro atoms. The average Bonchev–Trinajstić information content (AvgIpc) is 2.26. The van der Waals surface area contributed by atoms with E-state index in [4.69, 9.17) is 4.74 Å². The van der Waals surface area contributed by atoms with Crippen molar-refractivity contribution in [2.24, 2.45) is 5.41 Å². The Hall–Kier alpha value is -0.410. The van der Waals surface area contributed by atoms with Gasteiger partial charge in [-0.15, -0.1) is 0 Å². The minimum absolute atomic E-state index is 0.0968. The van der Waals surface area contributed by atoms with Gasteiger partial charge in [0.05, 0.1) is 0 Å². The highest BCUT2D eigenvalue weighted by atomic mass is 16.5. The summed E-state index contributed by atoms with van der Waals surface area (Å²) in [6.07, 6.45) is 2.88. The van der Waals surface area contributed by atoms with Crippen LogP contribution in [0.4, 0.5) is 0 Å². The summed E-state index contributed by atoms with van der Waals surface area (Å²) in [7, 11) is 0. The van der Waals surface area contributed by atoms with Crippen LogP contribution in [0.3, 0.4) is 0 Å². The van der Waals surface area contributed by atoms with Gasteiger partial charge in [0, 0.05) is 12.0 Å². The first kappa shape index (κ1) is 11.7. The molecule has 1 fully saturated rings. The van der Waals surface area contributed by atoms with Gasteiger partial charge >= 0.3 is 0 Å². The van der Waals surface area contributed by atoms with Crippen molar-refractivity contribution in [3.8, 4) is 0 Å². The van der Waals surface area contributed by atoms with Crippen molar-refractivity contribution >= 4 is 5.78 Å². The van der Waals surface area contributed by atoms with E-state index in [0.29, 0.717) is 19.0 Å². The molecule has 0 aromatic carbocycles. The van der Waals surface area contributed by atoms with Crippen LogP contribution in [0, 0.1) is 5.41 Å². The number of hydrogen-bond donors (Lipinski definition) is 1. The number of ether oxygens (including phenoxy) is 1. The number of carbonyl (C=O) groups is 1. The van der Waals surface area contributed by atoms with Crippen molar-refractivity contribution in [1.29, 1.82) is 0 Å². The lowest BCUT2D eigenvalue weighted by molar-refractivity contribution is -0.135. The van der Waals surface area contributed by atoms with E-state index in [-0.39, 0.29) is 5.41 Å². The van der Waals surface area contributed by atoms with Crippen LogP contribution in [0.2, 0.25) is 0 Å². The highest BCUT2D eigenvalue weighted by Gasteiger charge is 2.36. The third-order valence-electron chi connectivity index (χ3n) is 3.27. The zero-order chi connectivity index (χ0) is 10.4. The monoisotopic (exact) mass is 199 g/mol. The van der Waals surface area contributed by atoms with Gasteiger partial charge in [-0.1, -0.05) is 6.92 Å². The molecular weight excluding hydrogens is 178 g/mol. The lowest BCUT2D eigenvalue weighted by Gasteiger charge is -2.35. The van der Waals surface area contributed by atoms with Gasteiger partial charge < -0.3 is 10.1 Å². The third kappa shape index (κ3) is 2.55. The maximum Gasteiger partial charge on any atom is 0.164 e. The second-order valence-electron chi connectivity index (χ2n) is 3.94. The van der Waals surface area contributed by atoms with Crippen LogP contribution in [0.5, 0.6) is 0 Å². The number of nitrogens with one attached hydrogen (secondary N) is 1. The van der Waals surface area contributed by atoms with Crippen molar-refractivity contribution in [3.63, 3.8) is 0 Å². The quantitative estimate of drug-likeness (QED) is 0.727. The van der Waals surface area contributed by atoms with E-state index in [0.717, 1.165) is 32.4 Å². The number of carbonyl (C=O) groups excluding carboxylic acids is 1. The Morgan fingerprint density at radius 2 is 2.00 bits per heavy atom. The number of hydrogen-bond acceptors (Lipinski definition) is 3. The zero-order valence-electron chi connectivity index (χ0n) is 9.27. The fourth-order valence-electron chi connectivity index (χ4n) is 2.08. The van der Waals surface area contributed by atoms with Crippen molar-refractivity contribution in [1.82, 2.24) is 5.32 Å². The molecule has 82 valence electrons. The van der Waals surface area contributed by atoms with Crippen LogP contribution in [-0.4, -0.2) is 32.1 Å². The van der Waals surface area contributed by atoms with Gasteiger partial charge in [0.1, 0.15) is 6.61 Å². The van der Waals surface area contributed by atoms with Crippen molar-refractivity contribution in [3.05, 3.63) is 0 Å². The lowest BCUT2D eigenvalue weighted by atomic mass is 9.73. The first-order chi connectivity index (χ1) is 6.75. The minimum atomic E-state index is -0.0968. The SMILES string of the molecule is CCOCC(=O)C1(CC)CCNCC1. The van der Waals surface area contributed by atoms with E-state index in [9.17, 15) is 4.79 Å². The summed E-state index contributed by atoms with van der Waals surface area (Å²) in [6, 6.07) is 0. The molecule has 3 heteroatoms. The Balaban J connectivity index is 2.53. The fourth-order valence-corrected chi connectivity index (χ4v) is 2.08. The summed E-state index contributed by atoms with van der Waals surface area (Å²) in [4.78, 5) is 12.0. The average molecular weight is 199 g/mol. The molecule has 1 heterocycles. The van der Waals surface area contributed by atoms with E-state index in [1.807, 2.05) is 6.92 Å². The molecule has 1 saturated heterocycles. The zero-order valence-corrected chi connectivity index (χ0v) is 9.27. The van der Waals surface area contributed by atoms with E-state index in [1.54, 1.807) is 0 Å². The van der Waals surface area contributed by atoms with Crippen molar-refractivity contribution in [2.75, 3.05) is 26.3 Å². The highest BCUT2D eigenvalue weighted by molar-refractivity contribution is 5.86. The molecular formula is C11H21NO2. The summed E-state index contributed by atoms with van der Waals surface area (Å²) >= 11 is 0. The maximum atomic E-state index is 12.0. The predicted molar refractivity (Wildman–Crippen MR) is 56.3 cm³/mol. The number of ketones is 1. The van der Waals surface area contributed by atoms with Crippen LogP contribution in [-0.2, 0) is 9.53 Å². The van der Waals surface area contributed by atoms with E-state index >= 15 is 0 Å². The Morgan fingerprint density at radius 1 is 1.36 bits per heavy atom. The largest absolute Gasteiger partial charge is 0.374 e. The molecule has 0 radical (unpaired) electrons. The van der Waals surface area contributed by atoms with Crippen molar-refractivity contribution < 1.29 is 9.53 Å². The van der Waals surface area contributed by atoms with Crippen LogP contribution in [0.15, 0.2) is 0 Å². The molecule has 1 rings (SSSR count).